The summed E-state index contributed by atoms with van der Waals surface area (Å²) in [6.45, 7) is 4.22. The van der Waals surface area contributed by atoms with Gasteiger partial charge in [-0.05, 0) is 25.5 Å². The first-order valence-electron chi connectivity index (χ1n) is 5.93. The van der Waals surface area contributed by atoms with E-state index in [0.717, 1.165) is 22.8 Å². The van der Waals surface area contributed by atoms with Crippen LogP contribution in [0.2, 0.25) is 0 Å². The summed E-state index contributed by atoms with van der Waals surface area (Å²) in [5.74, 6) is 0.953. The minimum Gasteiger partial charge on any atom is -0.350 e. The largest absolute Gasteiger partial charge is 0.350 e. The Bertz CT molecular complexity index is 583. The predicted octanol–water partition coefficient (Wildman–Crippen LogP) is 2.11. The third-order valence-corrected chi connectivity index (χ3v) is 3.47. The molecule has 2 aromatic heterocycles. The summed E-state index contributed by atoms with van der Waals surface area (Å²) in [5, 5.41) is 0. The lowest BCUT2D eigenvalue weighted by atomic mass is 10.2. The molecule has 3 heterocycles. The van der Waals surface area contributed by atoms with Crippen molar-refractivity contribution in [2.75, 3.05) is 16.8 Å². The molecule has 0 bridgehead atoms. The van der Waals surface area contributed by atoms with Crippen LogP contribution in [0, 0.1) is 6.92 Å². The maximum absolute atomic E-state index is 4.41. The van der Waals surface area contributed by atoms with Crippen molar-refractivity contribution in [1.29, 1.82) is 0 Å². The van der Waals surface area contributed by atoms with Gasteiger partial charge in [0.05, 0.1) is 11.9 Å². The molecule has 0 N–H and O–H groups in total. The summed E-state index contributed by atoms with van der Waals surface area (Å²) in [6, 6.07) is 2.02. The molecular formula is C13H15N5. The highest BCUT2D eigenvalue weighted by Gasteiger charge is 2.33. The topological polar surface area (TPSA) is 45.2 Å². The standard InChI is InChI=1S/C13H15N5/c1-9-6-14-5-4-11(9)18-10(2)17(3)12-7-15-8-16-13(12)18/h4-8,10H,1-3H3. The summed E-state index contributed by atoms with van der Waals surface area (Å²) in [6.07, 6.45) is 7.36. The van der Waals surface area contributed by atoms with Crippen LogP contribution in [0.5, 0.6) is 0 Å². The van der Waals surface area contributed by atoms with E-state index in [9.17, 15) is 0 Å². The number of hydrogen-bond donors (Lipinski definition) is 0. The zero-order valence-corrected chi connectivity index (χ0v) is 10.7. The van der Waals surface area contributed by atoms with E-state index >= 15 is 0 Å². The Labute approximate surface area is 106 Å². The summed E-state index contributed by atoms with van der Waals surface area (Å²) >= 11 is 0. The highest BCUT2D eigenvalue weighted by molar-refractivity contribution is 5.80. The number of aromatic nitrogens is 3. The fourth-order valence-corrected chi connectivity index (χ4v) is 2.35. The second-order valence-electron chi connectivity index (χ2n) is 4.51. The quantitative estimate of drug-likeness (QED) is 0.765. The number of nitrogens with zero attached hydrogens (tertiary/aromatic N) is 5. The lowest BCUT2D eigenvalue weighted by Gasteiger charge is -2.27. The lowest BCUT2D eigenvalue weighted by molar-refractivity contribution is 0.729. The van der Waals surface area contributed by atoms with E-state index in [4.69, 9.17) is 0 Å². The first kappa shape index (κ1) is 11.0. The van der Waals surface area contributed by atoms with Gasteiger partial charge < -0.3 is 9.80 Å². The number of anilines is 3. The Hall–Kier alpha value is -2.17. The minimum absolute atomic E-state index is 0.220. The van der Waals surface area contributed by atoms with E-state index in [2.05, 4.69) is 45.6 Å². The molecule has 0 saturated carbocycles. The Balaban J connectivity index is 2.16. The van der Waals surface area contributed by atoms with E-state index in [0.29, 0.717) is 0 Å². The van der Waals surface area contributed by atoms with Crippen LogP contribution in [0.1, 0.15) is 12.5 Å². The summed E-state index contributed by atoms with van der Waals surface area (Å²) in [4.78, 5) is 17.0. The van der Waals surface area contributed by atoms with Crippen LogP contribution in [-0.4, -0.2) is 28.2 Å². The second kappa shape index (κ2) is 3.94. The van der Waals surface area contributed by atoms with Gasteiger partial charge in [0, 0.05) is 19.4 Å². The van der Waals surface area contributed by atoms with Gasteiger partial charge in [-0.15, -0.1) is 0 Å². The minimum atomic E-state index is 0.220. The Morgan fingerprint density at radius 1 is 1.17 bits per heavy atom. The van der Waals surface area contributed by atoms with Crippen LogP contribution in [-0.2, 0) is 0 Å². The maximum atomic E-state index is 4.41. The van der Waals surface area contributed by atoms with Gasteiger partial charge in [0.2, 0.25) is 0 Å². The van der Waals surface area contributed by atoms with Crippen LogP contribution >= 0.6 is 0 Å². The molecule has 0 radical (unpaired) electrons. The molecule has 18 heavy (non-hydrogen) atoms. The van der Waals surface area contributed by atoms with Gasteiger partial charge in [-0.1, -0.05) is 0 Å². The molecule has 5 nitrogen and oxygen atoms in total. The fraction of sp³-hybridized carbons (Fsp3) is 0.308. The molecule has 0 amide bonds. The van der Waals surface area contributed by atoms with Crippen molar-refractivity contribution >= 4 is 17.2 Å². The molecule has 1 aliphatic rings. The molecule has 0 saturated heterocycles. The van der Waals surface area contributed by atoms with Gasteiger partial charge in [-0.25, -0.2) is 9.97 Å². The van der Waals surface area contributed by atoms with Crippen LogP contribution in [0.4, 0.5) is 17.2 Å². The molecule has 0 aliphatic carbocycles. The number of aryl methyl sites for hydroxylation is 1. The lowest BCUT2D eigenvalue weighted by Crippen LogP contribution is -2.36. The van der Waals surface area contributed by atoms with Crippen molar-refractivity contribution in [2.45, 2.75) is 20.0 Å². The number of hydrogen-bond acceptors (Lipinski definition) is 5. The van der Waals surface area contributed by atoms with Gasteiger partial charge in [0.1, 0.15) is 18.2 Å². The summed E-state index contributed by atoms with van der Waals surface area (Å²) in [7, 11) is 2.06. The summed E-state index contributed by atoms with van der Waals surface area (Å²) < 4.78 is 0. The van der Waals surface area contributed by atoms with Crippen LogP contribution in [0.15, 0.2) is 31.0 Å². The van der Waals surface area contributed by atoms with Gasteiger partial charge in [0.25, 0.3) is 0 Å². The maximum Gasteiger partial charge on any atom is 0.161 e. The predicted molar refractivity (Wildman–Crippen MR) is 71.0 cm³/mol. The second-order valence-corrected chi connectivity index (χ2v) is 4.51. The van der Waals surface area contributed by atoms with Gasteiger partial charge >= 0.3 is 0 Å². The van der Waals surface area contributed by atoms with Crippen molar-refractivity contribution < 1.29 is 0 Å². The normalized spacial score (nSPS) is 18.1. The Kier molecular flexibility index (Phi) is 2.40. The number of fused-ring (bicyclic) bond motifs is 1. The zero-order chi connectivity index (χ0) is 12.7. The first-order chi connectivity index (χ1) is 8.70. The molecule has 2 aromatic rings. The van der Waals surface area contributed by atoms with Crippen molar-refractivity contribution in [2.24, 2.45) is 0 Å². The molecule has 0 fully saturated rings. The SMILES string of the molecule is Cc1cnccc1N1c2ncncc2N(C)C1C. The average Bonchev–Trinajstić information content (AvgIpc) is 2.64. The molecular weight excluding hydrogens is 226 g/mol. The Morgan fingerprint density at radius 2 is 2.00 bits per heavy atom. The van der Waals surface area contributed by atoms with Gasteiger partial charge in [-0.3, -0.25) is 4.98 Å². The van der Waals surface area contributed by atoms with Crippen LogP contribution < -0.4 is 9.80 Å². The smallest absolute Gasteiger partial charge is 0.161 e. The van der Waals surface area contributed by atoms with Crippen molar-refractivity contribution in [1.82, 2.24) is 15.0 Å². The number of pyridine rings is 1. The van der Waals surface area contributed by atoms with Gasteiger partial charge in [0.15, 0.2) is 5.82 Å². The first-order valence-corrected chi connectivity index (χ1v) is 5.93. The van der Waals surface area contributed by atoms with E-state index in [-0.39, 0.29) is 6.17 Å². The van der Waals surface area contributed by atoms with E-state index in [1.165, 1.54) is 0 Å². The van der Waals surface area contributed by atoms with Gasteiger partial charge in [-0.2, -0.15) is 0 Å². The van der Waals surface area contributed by atoms with Crippen LogP contribution in [0.3, 0.4) is 0 Å². The summed E-state index contributed by atoms with van der Waals surface area (Å²) in [5.41, 5.74) is 3.34. The molecule has 1 unspecified atom stereocenters. The van der Waals surface area contributed by atoms with E-state index < -0.39 is 0 Å². The van der Waals surface area contributed by atoms with Crippen molar-refractivity contribution in [3.8, 4) is 0 Å². The third kappa shape index (κ3) is 1.44. The van der Waals surface area contributed by atoms with Crippen molar-refractivity contribution in [3.05, 3.63) is 36.5 Å². The Morgan fingerprint density at radius 3 is 2.78 bits per heavy atom. The molecule has 3 rings (SSSR count). The highest BCUT2D eigenvalue weighted by atomic mass is 15.4. The number of rotatable bonds is 1. The molecule has 92 valence electrons. The molecule has 1 atom stereocenters. The highest BCUT2D eigenvalue weighted by Crippen LogP contribution is 2.41. The van der Waals surface area contributed by atoms with E-state index in [1.54, 1.807) is 6.33 Å². The van der Waals surface area contributed by atoms with Crippen molar-refractivity contribution in [3.63, 3.8) is 0 Å². The third-order valence-electron chi connectivity index (χ3n) is 3.47. The fourth-order valence-electron chi connectivity index (χ4n) is 2.35. The zero-order valence-electron chi connectivity index (χ0n) is 10.7. The monoisotopic (exact) mass is 241 g/mol. The van der Waals surface area contributed by atoms with E-state index in [1.807, 2.05) is 24.7 Å². The molecule has 0 spiro atoms. The molecule has 1 aliphatic heterocycles. The van der Waals surface area contributed by atoms with Crippen LogP contribution in [0.25, 0.3) is 0 Å². The molecule has 5 heteroatoms. The molecule has 0 aromatic carbocycles. The average molecular weight is 241 g/mol.